The zero-order valence-electron chi connectivity index (χ0n) is 9.50. The number of nitrogen functional groups attached to an aromatic ring is 1. The summed E-state index contributed by atoms with van der Waals surface area (Å²) in [5.74, 6) is 2.15. The van der Waals surface area contributed by atoms with Crippen molar-refractivity contribution in [2.24, 2.45) is 0 Å². The van der Waals surface area contributed by atoms with E-state index in [1.54, 1.807) is 6.07 Å². The van der Waals surface area contributed by atoms with Crippen molar-refractivity contribution in [1.82, 2.24) is 9.97 Å². The Hall–Kier alpha value is -1.32. The number of hydrogen-bond acceptors (Lipinski definition) is 4. The van der Waals surface area contributed by atoms with E-state index in [4.69, 9.17) is 5.73 Å². The molecule has 0 atom stereocenters. The molecule has 0 fully saturated rings. The molecular weight excluding hydrogens is 176 g/mol. The summed E-state index contributed by atoms with van der Waals surface area (Å²) in [4.78, 5) is 10.6. The van der Waals surface area contributed by atoms with E-state index in [0.29, 0.717) is 5.82 Å². The topological polar surface area (TPSA) is 55.0 Å². The van der Waals surface area contributed by atoms with Gasteiger partial charge in [-0.1, -0.05) is 20.8 Å². The van der Waals surface area contributed by atoms with Gasteiger partial charge in [-0.25, -0.2) is 9.97 Å². The van der Waals surface area contributed by atoms with E-state index < -0.39 is 0 Å². The van der Waals surface area contributed by atoms with E-state index in [1.807, 2.05) is 19.0 Å². The summed E-state index contributed by atoms with van der Waals surface area (Å²) in [5.41, 5.74) is 5.65. The molecule has 0 unspecified atom stereocenters. The Kier molecular flexibility index (Phi) is 2.64. The van der Waals surface area contributed by atoms with Crippen LogP contribution in [0.2, 0.25) is 0 Å². The number of nitrogens with zero attached hydrogens (tertiary/aromatic N) is 3. The number of nitrogens with two attached hydrogens (primary N) is 1. The molecule has 4 heteroatoms. The molecule has 2 N–H and O–H groups in total. The highest BCUT2D eigenvalue weighted by molar-refractivity contribution is 5.46. The molecule has 1 aromatic rings. The Morgan fingerprint density at radius 2 is 1.79 bits per heavy atom. The van der Waals surface area contributed by atoms with Crippen molar-refractivity contribution >= 4 is 11.6 Å². The number of anilines is 2. The molecule has 1 rings (SSSR count). The molecule has 1 heterocycles. The van der Waals surface area contributed by atoms with Crippen LogP contribution in [-0.2, 0) is 5.41 Å². The summed E-state index contributed by atoms with van der Waals surface area (Å²) in [6.07, 6.45) is 0. The molecule has 0 bridgehead atoms. The van der Waals surface area contributed by atoms with E-state index >= 15 is 0 Å². The molecule has 4 nitrogen and oxygen atoms in total. The molecule has 0 aromatic carbocycles. The molecule has 0 aliphatic rings. The van der Waals surface area contributed by atoms with Gasteiger partial charge in [0.1, 0.15) is 17.5 Å². The number of aromatic nitrogens is 2. The fraction of sp³-hybridized carbons (Fsp3) is 0.600. The molecule has 0 spiro atoms. The van der Waals surface area contributed by atoms with E-state index in [9.17, 15) is 0 Å². The first-order valence-electron chi connectivity index (χ1n) is 4.63. The second-order valence-corrected chi connectivity index (χ2v) is 4.62. The Morgan fingerprint density at radius 1 is 1.21 bits per heavy atom. The van der Waals surface area contributed by atoms with Crippen molar-refractivity contribution in [3.05, 3.63) is 11.9 Å². The molecule has 0 saturated heterocycles. The van der Waals surface area contributed by atoms with Crippen molar-refractivity contribution in [3.63, 3.8) is 0 Å². The van der Waals surface area contributed by atoms with Gasteiger partial charge in [0, 0.05) is 25.6 Å². The predicted octanol–water partition coefficient (Wildman–Crippen LogP) is 1.42. The Balaban J connectivity index is 3.21. The second-order valence-electron chi connectivity index (χ2n) is 4.62. The number of rotatable bonds is 1. The van der Waals surface area contributed by atoms with E-state index in [2.05, 4.69) is 30.7 Å². The van der Waals surface area contributed by atoms with Gasteiger partial charge < -0.3 is 10.6 Å². The fourth-order valence-corrected chi connectivity index (χ4v) is 1.02. The van der Waals surface area contributed by atoms with Crippen LogP contribution in [0.1, 0.15) is 26.6 Å². The maximum Gasteiger partial charge on any atom is 0.138 e. The Labute approximate surface area is 85.2 Å². The lowest BCUT2D eigenvalue weighted by molar-refractivity contribution is 0.546. The summed E-state index contributed by atoms with van der Waals surface area (Å²) >= 11 is 0. The summed E-state index contributed by atoms with van der Waals surface area (Å²) < 4.78 is 0. The minimum atomic E-state index is -0.0693. The second kappa shape index (κ2) is 3.44. The summed E-state index contributed by atoms with van der Waals surface area (Å²) in [6, 6.07) is 1.77. The van der Waals surface area contributed by atoms with Crippen LogP contribution in [0, 0.1) is 0 Å². The first-order chi connectivity index (χ1) is 6.30. The van der Waals surface area contributed by atoms with Gasteiger partial charge in [0.25, 0.3) is 0 Å². The third kappa shape index (κ3) is 2.34. The minimum absolute atomic E-state index is 0.0693. The standard InChI is InChI=1S/C10H18N4/c1-10(2,3)9-12-7(11)6-8(13-9)14(4)5/h6H,1-5H3,(H2,11,12,13). The molecule has 0 saturated carbocycles. The Bertz CT molecular complexity index is 325. The zero-order chi connectivity index (χ0) is 10.9. The normalized spacial score (nSPS) is 11.5. The van der Waals surface area contributed by atoms with Gasteiger partial charge in [0.05, 0.1) is 0 Å². The number of hydrogen-bond donors (Lipinski definition) is 1. The highest BCUT2D eigenvalue weighted by Crippen LogP contribution is 2.21. The molecule has 14 heavy (non-hydrogen) atoms. The highest BCUT2D eigenvalue weighted by atomic mass is 15.2. The van der Waals surface area contributed by atoms with Crippen molar-refractivity contribution in [2.75, 3.05) is 24.7 Å². The molecule has 0 amide bonds. The SMILES string of the molecule is CN(C)c1cc(N)nc(C(C)(C)C)n1. The first-order valence-corrected chi connectivity index (χ1v) is 4.63. The van der Waals surface area contributed by atoms with Crippen LogP contribution in [0.3, 0.4) is 0 Å². The third-order valence-corrected chi connectivity index (χ3v) is 1.86. The minimum Gasteiger partial charge on any atom is -0.384 e. The van der Waals surface area contributed by atoms with E-state index in [0.717, 1.165) is 11.6 Å². The fourth-order valence-electron chi connectivity index (χ4n) is 1.02. The van der Waals surface area contributed by atoms with Crippen molar-refractivity contribution in [3.8, 4) is 0 Å². The lowest BCUT2D eigenvalue weighted by atomic mass is 9.96. The van der Waals surface area contributed by atoms with Gasteiger partial charge in [-0.15, -0.1) is 0 Å². The highest BCUT2D eigenvalue weighted by Gasteiger charge is 2.18. The predicted molar refractivity (Wildman–Crippen MR) is 59.5 cm³/mol. The van der Waals surface area contributed by atoms with Crippen LogP contribution < -0.4 is 10.6 Å². The largest absolute Gasteiger partial charge is 0.384 e. The van der Waals surface area contributed by atoms with Gasteiger partial charge in [0.2, 0.25) is 0 Å². The maximum atomic E-state index is 5.72. The Morgan fingerprint density at radius 3 is 2.21 bits per heavy atom. The van der Waals surface area contributed by atoms with Crippen LogP contribution in [0.5, 0.6) is 0 Å². The molecule has 78 valence electrons. The quantitative estimate of drug-likeness (QED) is 0.734. The van der Waals surface area contributed by atoms with Crippen molar-refractivity contribution in [1.29, 1.82) is 0 Å². The van der Waals surface area contributed by atoms with Crippen molar-refractivity contribution < 1.29 is 0 Å². The summed E-state index contributed by atoms with van der Waals surface area (Å²) in [7, 11) is 3.88. The monoisotopic (exact) mass is 194 g/mol. The van der Waals surface area contributed by atoms with Gasteiger partial charge in [-0.3, -0.25) is 0 Å². The van der Waals surface area contributed by atoms with Crippen LogP contribution in [0.15, 0.2) is 6.07 Å². The molecule has 0 aliphatic carbocycles. The molecule has 0 aliphatic heterocycles. The van der Waals surface area contributed by atoms with Gasteiger partial charge >= 0.3 is 0 Å². The van der Waals surface area contributed by atoms with Crippen LogP contribution in [0.25, 0.3) is 0 Å². The average molecular weight is 194 g/mol. The van der Waals surface area contributed by atoms with Crippen LogP contribution in [0.4, 0.5) is 11.6 Å². The molecule has 0 radical (unpaired) electrons. The van der Waals surface area contributed by atoms with Crippen molar-refractivity contribution in [2.45, 2.75) is 26.2 Å². The lowest BCUT2D eigenvalue weighted by Gasteiger charge is -2.19. The first kappa shape index (κ1) is 10.8. The van der Waals surface area contributed by atoms with Crippen LogP contribution >= 0.6 is 0 Å². The maximum absolute atomic E-state index is 5.72. The smallest absolute Gasteiger partial charge is 0.138 e. The van der Waals surface area contributed by atoms with Gasteiger partial charge in [0.15, 0.2) is 0 Å². The molecule has 1 aromatic heterocycles. The van der Waals surface area contributed by atoms with Crippen LogP contribution in [-0.4, -0.2) is 24.1 Å². The summed E-state index contributed by atoms with van der Waals surface area (Å²) in [6.45, 7) is 6.21. The molecular formula is C10H18N4. The average Bonchev–Trinajstić information content (AvgIpc) is 2.01. The van der Waals surface area contributed by atoms with Gasteiger partial charge in [-0.05, 0) is 0 Å². The van der Waals surface area contributed by atoms with E-state index in [1.165, 1.54) is 0 Å². The zero-order valence-corrected chi connectivity index (χ0v) is 9.50. The third-order valence-electron chi connectivity index (χ3n) is 1.86. The van der Waals surface area contributed by atoms with Gasteiger partial charge in [-0.2, -0.15) is 0 Å². The lowest BCUT2D eigenvalue weighted by Crippen LogP contribution is -2.20. The summed E-state index contributed by atoms with van der Waals surface area (Å²) in [5, 5.41) is 0. The van der Waals surface area contributed by atoms with E-state index in [-0.39, 0.29) is 5.41 Å².